The number of hydrogen-bond donors (Lipinski definition) is 1. The molecule has 0 spiro atoms. The average molecular weight is 533 g/mol. The monoisotopic (exact) mass is 532 g/mol. The molecular weight excluding hydrogens is 508 g/mol. The number of Topliss-reactive ketones (excluding diaryl/α,β-unsaturated/α-hetero) is 2. The minimum absolute atomic E-state index is 0.0272. The molecule has 0 radical (unpaired) electrons. The number of rotatable bonds is 12. The topological polar surface area (TPSA) is 159 Å². The number of amides is 1. The van der Waals surface area contributed by atoms with Crippen molar-refractivity contribution in [3.8, 4) is 0 Å². The molecule has 0 saturated carbocycles. The molecule has 1 N–H and O–H groups in total. The number of non-ortho nitro benzene ring substituents is 1. The highest BCUT2D eigenvalue weighted by molar-refractivity contribution is 6.01. The van der Waals surface area contributed by atoms with Crippen LogP contribution in [0.2, 0.25) is 0 Å². The van der Waals surface area contributed by atoms with Crippen molar-refractivity contribution in [3.63, 3.8) is 0 Å². The van der Waals surface area contributed by atoms with E-state index >= 15 is 0 Å². The van der Waals surface area contributed by atoms with Gasteiger partial charge in [-0.05, 0) is 31.2 Å². The van der Waals surface area contributed by atoms with Crippen LogP contribution in [-0.4, -0.2) is 47.0 Å². The molecule has 0 unspecified atom stereocenters. The molecule has 3 aromatic carbocycles. The molecule has 0 fully saturated rings. The second-order valence-corrected chi connectivity index (χ2v) is 8.29. The first-order valence-corrected chi connectivity index (χ1v) is 11.8. The van der Waals surface area contributed by atoms with E-state index in [9.17, 15) is 34.1 Å². The summed E-state index contributed by atoms with van der Waals surface area (Å²) in [4.78, 5) is 71.1. The van der Waals surface area contributed by atoms with Crippen LogP contribution in [-0.2, 0) is 19.1 Å². The summed E-state index contributed by atoms with van der Waals surface area (Å²) < 4.78 is 10.1. The Kier molecular flexibility index (Phi) is 9.74. The maximum atomic E-state index is 12.4. The second-order valence-electron chi connectivity index (χ2n) is 8.29. The quantitative estimate of drug-likeness (QED) is 0.156. The molecule has 0 saturated heterocycles. The number of carbonyl (C=O) groups excluding carboxylic acids is 5. The van der Waals surface area contributed by atoms with Crippen LogP contribution in [0, 0.1) is 10.1 Å². The van der Waals surface area contributed by atoms with Gasteiger partial charge in [-0.3, -0.25) is 29.3 Å². The lowest BCUT2D eigenvalue weighted by atomic mass is 10.1. The molecule has 0 aliphatic rings. The van der Waals surface area contributed by atoms with Crippen molar-refractivity contribution < 1.29 is 38.4 Å². The predicted molar refractivity (Wildman–Crippen MR) is 138 cm³/mol. The number of nitro benzene ring substituents is 1. The minimum Gasteiger partial charge on any atom is -0.457 e. The molecule has 200 valence electrons. The van der Waals surface area contributed by atoms with Gasteiger partial charge in [-0.15, -0.1) is 0 Å². The third kappa shape index (κ3) is 8.42. The van der Waals surface area contributed by atoms with Gasteiger partial charge in [0.15, 0.2) is 12.7 Å². The highest BCUT2D eigenvalue weighted by Crippen LogP contribution is 2.15. The Morgan fingerprint density at radius 3 is 2.18 bits per heavy atom. The molecule has 0 aromatic heterocycles. The fraction of sp³-hybridized carbons (Fsp3) is 0.179. The third-order valence-electron chi connectivity index (χ3n) is 5.42. The van der Waals surface area contributed by atoms with Gasteiger partial charge in [-0.2, -0.15) is 0 Å². The van der Waals surface area contributed by atoms with E-state index in [0.717, 1.165) is 6.07 Å². The molecule has 11 heteroatoms. The zero-order valence-corrected chi connectivity index (χ0v) is 20.8. The van der Waals surface area contributed by atoms with E-state index in [-0.39, 0.29) is 35.4 Å². The normalized spacial score (nSPS) is 11.1. The molecule has 3 aromatic rings. The van der Waals surface area contributed by atoms with Gasteiger partial charge in [-0.25, -0.2) is 4.79 Å². The van der Waals surface area contributed by atoms with Crippen LogP contribution in [0.3, 0.4) is 0 Å². The van der Waals surface area contributed by atoms with Crippen molar-refractivity contribution in [2.45, 2.75) is 25.9 Å². The van der Waals surface area contributed by atoms with Gasteiger partial charge < -0.3 is 14.8 Å². The van der Waals surface area contributed by atoms with Crippen LogP contribution < -0.4 is 5.32 Å². The highest BCUT2D eigenvalue weighted by Gasteiger charge is 2.20. The highest BCUT2D eigenvalue weighted by atomic mass is 16.6. The lowest BCUT2D eigenvalue weighted by Crippen LogP contribution is -2.24. The Morgan fingerprint density at radius 2 is 1.51 bits per heavy atom. The van der Waals surface area contributed by atoms with Gasteiger partial charge in [0.05, 0.1) is 16.9 Å². The summed E-state index contributed by atoms with van der Waals surface area (Å²) in [6.07, 6.45) is -1.51. The van der Waals surface area contributed by atoms with Crippen LogP contribution in [0.5, 0.6) is 0 Å². The predicted octanol–water partition coefficient (Wildman–Crippen LogP) is 4.17. The first-order chi connectivity index (χ1) is 18.6. The van der Waals surface area contributed by atoms with Crippen molar-refractivity contribution in [1.29, 1.82) is 0 Å². The van der Waals surface area contributed by atoms with Crippen molar-refractivity contribution in [1.82, 2.24) is 0 Å². The fourth-order valence-electron chi connectivity index (χ4n) is 3.34. The second kappa shape index (κ2) is 13.4. The van der Waals surface area contributed by atoms with Crippen molar-refractivity contribution in [3.05, 3.63) is 106 Å². The first-order valence-electron chi connectivity index (χ1n) is 11.8. The van der Waals surface area contributed by atoms with Crippen LogP contribution in [0.1, 0.15) is 50.8 Å². The van der Waals surface area contributed by atoms with Gasteiger partial charge in [0.1, 0.15) is 0 Å². The number of ether oxygens (including phenoxy) is 2. The van der Waals surface area contributed by atoms with E-state index < -0.39 is 41.3 Å². The third-order valence-corrected chi connectivity index (χ3v) is 5.42. The molecule has 3 rings (SSSR count). The first kappa shape index (κ1) is 28.4. The van der Waals surface area contributed by atoms with Gasteiger partial charge in [-0.1, -0.05) is 42.5 Å². The number of carbonyl (C=O) groups is 5. The van der Waals surface area contributed by atoms with Gasteiger partial charge in [0, 0.05) is 35.4 Å². The van der Waals surface area contributed by atoms with E-state index in [1.54, 1.807) is 30.3 Å². The summed E-state index contributed by atoms with van der Waals surface area (Å²) in [5, 5.41) is 13.4. The lowest BCUT2D eigenvalue weighted by Gasteiger charge is -2.12. The zero-order chi connectivity index (χ0) is 28.4. The fourth-order valence-corrected chi connectivity index (χ4v) is 3.34. The molecule has 11 nitrogen and oxygen atoms in total. The SMILES string of the molecule is C[C@H](OC(=O)c1ccc(NC(=O)CCC(=O)OCC(=O)c2cccc([N+](=O)[O-])c2)cc1)C(=O)c1ccccc1. The smallest absolute Gasteiger partial charge is 0.338 e. The summed E-state index contributed by atoms with van der Waals surface area (Å²) in [6, 6.07) is 19.3. The van der Waals surface area contributed by atoms with E-state index in [2.05, 4.69) is 5.32 Å². The van der Waals surface area contributed by atoms with Gasteiger partial charge >= 0.3 is 11.9 Å². The summed E-state index contributed by atoms with van der Waals surface area (Å²) in [5.74, 6) is -2.95. The van der Waals surface area contributed by atoms with E-state index in [0.29, 0.717) is 11.3 Å². The molecule has 0 bridgehead atoms. The number of benzene rings is 3. The van der Waals surface area contributed by atoms with Crippen LogP contribution in [0.15, 0.2) is 78.9 Å². The number of nitrogens with one attached hydrogen (secondary N) is 1. The molecule has 0 aliphatic carbocycles. The van der Waals surface area contributed by atoms with Crippen LogP contribution in [0.4, 0.5) is 11.4 Å². The van der Waals surface area contributed by atoms with E-state index in [1.807, 2.05) is 0 Å². The maximum Gasteiger partial charge on any atom is 0.338 e. The summed E-state index contributed by atoms with van der Waals surface area (Å²) in [6.45, 7) is 0.866. The van der Waals surface area contributed by atoms with Gasteiger partial charge in [0.2, 0.25) is 17.5 Å². The average Bonchev–Trinajstić information content (AvgIpc) is 2.95. The molecule has 1 atom stereocenters. The number of nitrogens with zero attached hydrogens (tertiary/aromatic N) is 1. The Hall–Kier alpha value is -5.19. The summed E-state index contributed by atoms with van der Waals surface area (Å²) in [7, 11) is 0. The number of nitro groups is 1. The lowest BCUT2D eigenvalue weighted by molar-refractivity contribution is -0.384. The zero-order valence-electron chi connectivity index (χ0n) is 20.8. The Morgan fingerprint density at radius 1 is 0.846 bits per heavy atom. The van der Waals surface area contributed by atoms with Crippen LogP contribution >= 0.6 is 0 Å². The number of ketones is 2. The largest absolute Gasteiger partial charge is 0.457 e. The summed E-state index contributed by atoms with van der Waals surface area (Å²) in [5.41, 5.74) is 0.728. The number of esters is 2. The van der Waals surface area contributed by atoms with Crippen LogP contribution in [0.25, 0.3) is 0 Å². The molecule has 0 heterocycles. The minimum atomic E-state index is -0.986. The maximum absolute atomic E-state index is 12.4. The molecule has 1 amide bonds. The molecule has 0 aliphatic heterocycles. The van der Waals surface area contributed by atoms with E-state index in [4.69, 9.17) is 9.47 Å². The van der Waals surface area contributed by atoms with Gasteiger partial charge in [0.25, 0.3) is 5.69 Å². The Labute approximate surface area is 222 Å². The summed E-state index contributed by atoms with van der Waals surface area (Å²) >= 11 is 0. The Balaban J connectivity index is 1.41. The number of anilines is 1. The Bertz CT molecular complexity index is 1390. The molecular formula is C28H24N2O9. The van der Waals surface area contributed by atoms with Crippen molar-refractivity contribution in [2.75, 3.05) is 11.9 Å². The van der Waals surface area contributed by atoms with Crippen molar-refractivity contribution in [2.24, 2.45) is 0 Å². The standard InChI is InChI=1S/C28H24N2O9/c1-18(27(34)19-6-3-2-4-7-19)39-28(35)20-10-12-22(13-11-20)29-25(32)14-15-26(33)38-17-24(31)21-8-5-9-23(16-21)30(36)37/h2-13,16,18H,14-15,17H2,1H3,(H,29,32)/t18-/m0/s1. The van der Waals surface area contributed by atoms with Crippen molar-refractivity contribution >= 4 is 40.8 Å². The van der Waals surface area contributed by atoms with E-state index in [1.165, 1.54) is 49.4 Å². The number of hydrogen-bond acceptors (Lipinski definition) is 9. The molecule has 39 heavy (non-hydrogen) atoms.